The van der Waals surface area contributed by atoms with Crippen LogP contribution in [0.25, 0.3) is 10.2 Å². The second-order valence-corrected chi connectivity index (χ2v) is 9.85. The molecule has 3 aromatic rings. The molecule has 1 saturated carbocycles. The zero-order valence-electron chi connectivity index (χ0n) is 17.9. The molecule has 0 bridgehead atoms. The number of hydrogen-bond acceptors (Lipinski definition) is 6. The first kappa shape index (κ1) is 20.0. The number of piperidine rings is 1. The van der Waals surface area contributed by atoms with Gasteiger partial charge < -0.3 is 20.7 Å². The molecule has 8 heteroatoms. The van der Waals surface area contributed by atoms with Crippen LogP contribution in [0.1, 0.15) is 37.0 Å². The number of nitrogens with zero attached hydrogens (tertiary/aromatic N) is 2. The van der Waals surface area contributed by atoms with Gasteiger partial charge in [0.25, 0.3) is 0 Å². The monoisotopic (exact) mass is 449 g/mol. The summed E-state index contributed by atoms with van der Waals surface area (Å²) in [5.41, 5.74) is 2.60. The van der Waals surface area contributed by atoms with Crippen LogP contribution in [-0.4, -0.2) is 36.3 Å². The molecule has 0 unspecified atom stereocenters. The summed E-state index contributed by atoms with van der Waals surface area (Å²) in [7, 11) is 0. The molecule has 166 valence electrons. The lowest BCUT2D eigenvalue weighted by atomic mass is 9.96. The Morgan fingerprint density at radius 1 is 1.16 bits per heavy atom. The van der Waals surface area contributed by atoms with Gasteiger partial charge in [0.15, 0.2) is 0 Å². The Morgan fingerprint density at radius 3 is 2.78 bits per heavy atom. The van der Waals surface area contributed by atoms with Gasteiger partial charge in [0.05, 0.1) is 28.6 Å². The molecule has 3 aliphatic rings. The normalized spacial score (nSPS) is 20.8. The lowest BCUT2D eigenvalue weighted by Gasteiger charge is -2.29. The fourth-order valence-corrected chi connectivity index (χ4v) is 5.71. The number of urea groups is 1. The van der Waals surface area contributed by atoms with E-state index in [0.29, 0.717) is 12.1 Å². The van der Waals surface area contributed by atoms with Crippen molar-refractivity contribution in [3.8, 4) is 5.75 Å². The highest BCUT2D eigenvalue weighted by molar-refractivity contribution is 7.19. The summed E-state index contributed by atoms with van der Waals surface area (Å²) in [4.78, 5) is 21.6. The number of thiophene rings is 1. The van der Waals surface area contributed by atoms with E-state index < -0.39 is 0 Å². The maximum atomic E-state index is 13.2. The van der Waals surface area contributed by atoms with Gasteiger partial charge in [-0.1, -0.05) is 0 Å². The Balaban J connectivity index is 1.28. The number of nitrogens with one attached hydrogen (secondary N) is 3. The van der Waals surface area contributed by atoms with Crippen molar-refractivity contribution in [3.05, 3.63) is 41.4 Å². The SMILES string of the molecule is O=C1Nc2c(CN[C@@H]3CCCNC3)sc3nccc(c23)N1c1ccc(OC2CCC2)cc1. The molecule has 1 aromatic carbocycles. The zero-order chi connectivity index (χ0) is 21.5. The first-order valence-corrected chi connectivity index (χ1v) is 12.3. The van der Waals surface area contributed by atoms with Crippen molar-refractivity contribution in [1.82, 2.24) is 15.6 Å². The minimum absolute atomic E-state index is 0.142. The molecular formula is C24H27N5O2S. The molecule has 6 rings (SSSR count). The Morgan fingerprint density at radius 2 is 2.03 bits per heavy atom. The Bertz CT molecular complexity index is 1140. The van der Waals surface area contributed by atoms with E-state index in [2.05, 4.69) is 20.9 Å². The van der Waals surface area contributed by atoms with Crippen molar-refractivity contribution in [3.63, 3.8) is 0 Å². The Hall–Kier alpha value is -2.68. The molecule has 4 heterocycles. The van der Waals surface area contributed by atoms with E-state index in [-0.39, 0.29) is 6.03 Å². The van der Waals surface area contributed by atoms with E-state index in [0.717, 1.165) is 70.4 Å². The number of pyridine rings is 1. The van der Waals surface area contributed by atoms with Gasteiger partial charge in [0.1, 0.15) is 10.6 Å². The predicted molar refractivity (Wildman–Crippen MR) is 128 cm³/mol. The number of anilines is 3. The smallest absolute Gasteiger partial charge is 0.331 e. The predicted octanol–water partition coefficient (Wildman–Crippen LogP) is 4.75. The highest BCUT2D eigenvalue weighted by Crippen LogP contribution is 2.45. The van der Waals surface area contributed by atoms with Gasteiger partial charge in [0, 0.05) is 30.2 Å². The van der Waals surface area contributed by atoms with Crippen LogP contribution in [0.3, 0.4) is 0 Å². The van der Waals surface area contributed by atoms with E-state index in [1.165, 1.54) is 19.3 Å². The average molecular weight is 450 g/mol. The molecule has 7 nitrogen and oxygen atoms in total. The average Bonchev–Trinajstić information content (AvgIpc) is 3.15. The van der Waals surface area contributed by atoms with Crippen molar-refractivity contribution < 1.29 is 9.53 Å². The van der Waals surface area contributed by atoms with Crippen LogP contribution < -0.4 is 25.6 Å². The first-order chi connectivity index (χ1) is 15.8. The quantitative estimate of drug-likeness (QED) is 0.506. The number of carbonyl (C=O) groups excluding carboxylic acids is 1. The van der Waals surface area contributed by atoms with Gasteiger partial charge >= 0.3 is 6.03 Å². The number of hydrogen-bond donors (Lipinski definition) is 3. The number of amides is 2. The zero-order valence-corrected chi connectivity index (χ0v) is 18.7. The molecule has 0 spiro atoms. The van der Waals surface area contributed by atoms with Gasteiger partial charge in [0.2, 0.25) is 0 Å². The highest BCUT2D eigenvalue weighted by atomic mass is 32.1. The number of benzene rings is 1. The van der Waals surface area contributed by atoms with Crippen LogP contribution in [-0.2, 0) is 6.54 Å². The lowest BCUT2D eigenvalue weighted by molar-refractivity contribution is 0.120. The minimum Gasteiger partial charge on any atom is -0.490 e. The summed E-state index contributed by atoms with van der Waals surface area (Å²) >= 11 is 1.65. The molecule has 3 N–H and O–H groups in total. The Labute approximate surface area is 191 Å². The van der Waals surface area contributed by atoms with Crippen LogP contribution in [0.5, 0.6) is 5.75 Å². The van der Waals surface area contributed by atoms with Crippen LogP contribution in [0.15, 0.2) is 36.5 Å². The summed E-state index contributed by atoms with van der Waals surface area (Å²) < 4.78 is 5.97. The first-order valence-electron chi connectivity index (χ1n) is 11.5. The van der Waals surface area contributed by atoms with Crippen LogP contribution in [0, 0.1) is 0 Å². The van der Waals surface area contributed by atoms with Gasteiger partial charge in [-0.15, -0.1) is 11.3 Å². The van der Waals surface area contributed by atoms with Crippen LogP contribution in [0.4, 0.5) is 21.9 Å². The fourth-order valence-electron chi connectivity index (χ4n) is 4.64. The van der Waals surface area contributed by atoms with Crippen molar-refractivity contribution >= 4 is 44.6 Å². The molecule has 1 atom stereocenters. The maximum absolute atomic E-state index is 13.2. The number of aromatic nitrogens is 1. The molecule has 32 heavy (non-hydrogen) atoms. The topological polar surface area (TPSA) is 78.5 Å². The summed E-state index contributed by atoms with van der Waals surface area (Å²) in [5, 5.41) is 11.3. The second-order valence-electron chi connectivity index (χ2n) is 8.76. The van der Waals surface area contributed by atoms with E-state index >= 15 is 0 Å². The largest absolute Gasteiger partial charge is 0.490 e. The highest BCUT2D eigenvalue weighted by Gasteiger charge is 2.31. The van der Waals surface area contributed by atoms with E-state index in [1.54, 1.807) is 22.4 Å². The third-order valence-electron chi connectivity index (χ3n) is 6.62. The molecule has 2 aliphatic heterocycles. The molecule has 2 amide bonds. The Kier molecular flexibility index (Phi) is 5.21. The maximum Gasteiger partial charge on any atom is 0.331 e. The molecule has 2 aromatic heterocycles. The summed E-state index contributed by atoms with van der Waals surface area (Å²) in [6.45, 7) is 2.82. The standard InChI is InChI=1S/C24H27N5O2S/c30-24-28-22-20(14-27-15-3-2-11-25-13-15)32-23-21(22)19(10-12-26-23)29(24)16-6-8-18(9-7-16)31-17-4-1-5-17/h6-10,12,15,17,25,27H,1-5,11,13-14H2,(H,28,30)/t15-/m1/s1. The molecule has 1 saturated heterocycles. The van der Waals surface area contributed by atoms with E-state index in [4.69, 9.17) is 4.74 Å². The lowest BCUT2D eigenvalue weighted by Crippen LogP contribution is -2.42. The van der Waals surface area contributed by atoms with Gasteiger partial charge in [-0.2, -0.15) is 0 Å². The summed E-state index contributed by atoms with van der Waals surface area (Å²) in [6.07, 6.45) is 7.99. The van der Waals surface area contributed by atoms with E-state index in [9.17, 15) is 4.79 Å². The summed E-state index contributed by atoms with van der Waals surface area (Å²) in [5.74, 6) is 0.859. The van der Waals surface area contributed by atoms with Crippen molar-refractivity contribution in [2.75, 3.05) is 23.3 Å². The minimum atomic E-state index is -0.142. The number of ether oxygens (including phenoxy) is 1. The second kappa shape index (κ2) is 8.35. The third-order valence-corrected chi connectivity index (χ3v) is 7.71. The van der Waals surface area contributed by atoms with Crippen molar-refractivity contribution in [1.29, 1.82) is 0 Å². The van der Waals surface area contributed by atoms with Gasteiger partial charge in [-0.25, -0.2) is 9.78 Å². The molecular weight excluding hydrogens is 422 g/mol. The fraction of sp³-hybridized carbons (Fsp3) is 0.417. The van der Waals surface area contributed by atoms with Crippen LogP contribution >= 0.6 is 11.3 Å². The van der Waals surface area contributed by atoms with Crippen molar-refractivity contribution in [2.24, 2.45) is 0 Å². The third kappa shape index (κ3) is 3.62. The molecule has 0 radical (unpaired) electrons. The van der Waals surface area contributed by atoms with E-state index in [1.807, 2.05) is 30.3 Å². The molecule has 1 aliphatic carbocycles. The summed E-state index contributed by atoms with van der Waals surface area (Å²) in [6, 6.07) is 10.1. The van der Waals surface area contributed by atoms with Gasteiger partial charge in [-0.05, 0) is 69.0 Å². The van der Waals surface area contributed by atoms with Gasteiger partial charge in [-0.3, -0.25) is 4.90 Å². The van der Waals surface area contributed by atoms with Crippen LogP contribution in [0.2, 0.25) is 0 Å². The van der Waals surface area contributed by atoms with Crippen molar-refractivity contribution in [2.45, 2.75) is 50.8 Å². The number of rotatable bonds is 6. The number of carbonyl (C=O) groups is 1. The molecule has 2 fully saturated rings.